The van der Waals surface area contributed by atoms with Crippen LogP contribution in [0, 0.1) is 0 Å². The van der Waals surface area contributed by atoms with E-state index in [1.54, 1.807) is 0 Å². The molecule has 0 radical (unpaired) electrons. The molecule has 2 N–H and O–H groups in total. The molecule has 1 amide bonds. The smallest absolute Gasteiger partial charge is 0.259 e. The highest BCUT2D eigenvalue weighted by atomic mass is 16.3. The number of aliphatic hydroxyl groups excluding tert-OH is 1. The molecule has 1 atom stereocenters. The second-order valence-electron chi connectivity index (χ2n) is 4.39. The highest BCUT2D eigenvalue weighted by molar-refractivity contribution is 6.20. The summed E-state index contributed by atoms with van der Waals surface area (Å²) >= 11 is 0. The van der Waals surface area contributed by atoms with Gasteiger partial charge in [-0.05, 0) is 18.9 Å². The summed E-state index contributed by atoms with van der Waals surface area (Å²) < 4.78 is 0. The van der Waals surface area contributed by atoms with Crippen molar-refractivity contribution in [1.82, 2.24) is 5.32 Å². The first-order chi connectivity index (χ1) is 9.09. The Morgan fingerprint density at radius 2 is 2.05 bits per heavy atom. The van der Waals surface area contributed by atoms with E-state index in [0.717, 1.165) is 5.56 Å². The molecule has 4 heteroatoms. The second kappa shape index (κ2) is 5.52. The molecule has 1 aromatic carbocycles. The van der Waals surface area contributed by atoms with E-state index in [2.05, 4.69) is 5.32 Å². The molecule has 0 aromatic heterocycles. The number of hydrogen-bond donors (Lipinski definition) is 2. The zero-order valence-electron chi connectivity index (χ0n) is 10.6. The summed E-state index contributed by atoms with van der Waals surface area (Å²) in [6.07, 6.45) is 4.22. The van der Waals surface area contributed by atoms with Crippen LogP contribution >= 0.6 is 0 Å². The number of hydrogen-bond acceptors (Lipinski definition) is 3. The first-order valence-electron chi connectivity index (χ1n) is 6.06. The van der Waals surface area contributed by atoms with Gasteiger partial charge in [0.1, 0.15) is 11.3 Å². The van der Waals surface area contributed by atoms with Crippen LogP contribution in [-0.4, -0.2) is 22.8 Å². The van der Waals surface area contributed by atoms with E-state index >= 15 is 0 Å². The van der Waals surface area contributed by atoms with Crippen LogP contribution in [0.4, 0.5) is 0 Å². The fraction of sp³-hybridized carbons (Fsp3) is 0.200. The van der Waals surface area contributed by atoms with Crippen molar-refractivity contribution in [2.75, 3.05) is 0 Å². The van der Waals surface area contributed by atoms with Gasteiger partial charge in [-0.15, -0.1) is 0 Å². The fourth-order valence-corrected chi connectivity index (χ4v) is 2.00. The molecule has 2 rings (SSSR count). The van der Waals surface area contributed by atoms with Crippen molar-refractivity contribution in [2.24, 2.45) is 0 Å². The largest absolute Gasteiger partial charge is 0.509 e. The third-order valence-electron chi connectivity index (χ3n) is 2.95. The average Bonchev–Trinajstić information content (AvgIpc) is 2.66. The zero-order chi connectivity index (χ0) is 13.8. The maximum Gasteiger partial charge on any atom is 0.259 e. The summed E-state index contributed by atoms with van der Waals surface area (Å²) in [5.74, 6) is -1.07. The third-order valence-corrected chi connectivity index (χ3v) is 2.95. The van der Waals surface area contributed by atoms with Gasteiger partial charge in [0.2, 0.25) is 0 Å². The van der Waals surface area contributed by atoms with Crippen LogP contribution in [0.25, 0.3) is 6.08 Å². The quantitative estimate of drug-likeness (QED) is 0.811. The normalized spacial score (nSPS) is 19.0. The summed E-state index contributed by atoms with van der Waals surface area (Å²) in [5.41, 5.74) is 0.917. The van der Waals surface area contributed by atoms with Crippen molar-refractivity contribution in [3.63, 3.8) is 0 Å². The van der Waals surface area contributed by atoms with Crippen molar-refractivity contribution in [3.05, 3.63) is 53.3 Å². The predicted octanol–water partition coefficient (Wildman–Crippen LogP) is 1.99. The number of rotatable bonds is 4. The van der Waals surface area contributed by atoms with Crippen molar-refractivity contribution in [3.8, 4) is 0 Å². The Morgan fingerprint density at radius 1 is 1.37 bits per heavy atom. The Bertz CT molecular complexity index is 558. The Morgan fingerprint density at radius 3 is 2.63 bits per heavy atom. The first-order valence-corrected chi connectivity index (χ1v) is 6.06. The second-order valence-corrected chi connectivity index (χ2v) is 4.39. The number of carbonyl (C=O) groups excluding carboxylic acids is 2. The minimum absolute atomic E-state index is 0.127. The minimum atomic E-state index is -0.508. The van der Waals surface area contributed by atoms with Gasteiger partial charge in [0.25, 0.3) is 5.91 Å². The molecule has 1 unspecified atom stereocenters. The molecule has 0 saturated carbocycles. The maximum atomic E-state index is 11.5. The summed E-state index contributed by atoms with van der Waals surface area (Å²) in [7, 11) is 0. The molecule has 98 valence electrons. The first kappa shape index (κ1) is 13.1. The molecule has 0 fully saturated rings. The van der Waals surface area contributed by atoms with Crippen molar-refractivity contribution in [2.45, 2.75) is 19.4 Å². The Balaban J connectivity index is 2.04. The minimum Gasteiger partial charge on any atom is -0.509 e. The van der Waals surface area contributed by atoms with Crippen LogP contribution in [0.5, 0.6) is 0 Å². The van der Waals surface area contributed by atoms with Crippen LogP contribution in [0.1, 0.15) is 18.9 Å². The predicted molar refractivity (Wildman–Crippen MR) is 72.4 cm³/mol. The molecule has 1 aliphatic heterocycles. The summed E-state index contributed by atoms with van der Waals surface area (Å²) in [4.78, 5) is 22.7. The van der Waals surface area contributed by atoms with Crippen LogP contribution < -0.4 is 5.32 Å². The van der Waals surface area contributed by atoms with Crippen molar-refractivity contribution in [1.29, 1.82) is 0 Å². The van der Waals surface area contributed by atoms with Crippen LogP contribution in [0.2, 0.25) is 0 Å². The van der Waals surface area contributed by atoms with Gasteiger partial charge in [0, 0.05) is 0 Å². The molecule has 0 aliphatic carbocycles. The lowest BCUT2D eigenvalue weighted by atomic mass is 10.1. The summed E-state index contributed by atoms with van der Waals surface area (Å²) in [6, 6.07) is 9.21. The lowest BCUT2D eigenvalue weighted by molar-refractivity contribution is -0.121. The fourth-order valence-electron chi connectivity index (χ4n) is 2.00. The zero-order valence-corrected chi connectivity index (χ0v) is 10.6. The van der Waals surface area contributed by atoms with Gasteiger partial charge >= 0.3 is 0 Å². The lowest BCUT2D eigenvalue weighted by Crippen LogP contribution is -2.28. The topological polar surface area (TPSA) is 66.4 Å². The molecule has 0 bridgehead atoms. The van der Waals surface area contributed by atoms with Crippen LogP contribution in [0.15, 0.2) is 47.7 Å². The molecule has 1 aromatic rings. The molecule has 1 aliphatic rings. The number of carbonyl (C=O) groups is 2. The van der Waals surface area contributed by atoms with Gasteiger partial charge in [-0.1, -0.05) is 42.5 Å². The van der Waals surface area contributed by atoms with Gasteiger partial charge in [0.15, 0.2) is 5.78 Å². The van der Waals surface area contributed by atoms with E-state index in [1.807, 2.05) is 42.5 Å². The van der Waals surface area contributed by atoms with Crippen LogP contribution in [-0.2, 0) is 9.59 Å². The van der Waals surface area contributed by atoms with Gasteiger partial charge in [-0.2, -0.15) is 0 Å². The molecule has 4 nitrogen and oxygen atoms in total. The monoisotopic (exact) mass is 257 g/mol. The van der Waals surface area contributed by atoms with Crippen molar-refractivity contribution >= 4 is 17.8 Å². The summed E-state index contributed by atoms with van der Waals surface area (Å²) in [6.45, 7) is 1.27. The Hall–Kier alpha value is -2.36. The van der Waals surface area contributed by atoms with Gasteiger partial charge < -0.3 is 10.4 Å². The number of ketones is 1. The standard InChI is InChI=1S/C15H15NO3/c1-10(17)13-14(18)12(16-15(13)19)9-5-8-11-6-3-2-4-7-11/h2-8,12,18H,9H2,1H3,(H,16,19)/b8-5+. The van der Waals surface area contributed by atoms with Gasteiger partial charge in [-0.25, -0.2) is 0 Å². The lowest BCUT2D eigenvalue weighted by Gasteiger charge is -2.07. The van der Waals surface area contributed by atoms with E-state index in [1.165, 1.54) is 6.92 Å². The Kier molecular flexibility index (Phi) is 3.80. The highest BCUT2D eigenvalue weighted by Crippen LogP contribution is 2.19. The molecular weight excluding hydrogens is 242 g/mol. The SMILES string of the molecule is CC(=O)C1=C(O)C(C/C=C/c2ccccc2)NC1=O. The average molecular weight is 257 g/mol. The number of nitrogens with one attached hydrogen (secondary N) is 1. The number of benzene rings is 1. The van der Waals surface area contributed by atoms with E-state index in [9.17, 15) is 14.7 Å². The summed E-state index contributed by atoms with van der Waals surface area (Å²) in [5, 5.41) is 12.4. The molecule has 0 saturated heterocycles. The maximum absolute atomic E-state index is 11.5. The van der Waals surface area contributed by atoms with Gasteiger partial charge in [-0.3, -0.25) is 9.59 Å². The van der Waals surface area contributed by atoms with Crippen LogP contribution in [0.3, 0.4) is 0 Å². The Labute approximate surface area is 111 Å². The number of amides is 1. The van der Waals surface area contributed by atoms with Crippen molar-refractivity contribution < 1.29 is 14.7 Å². The molecule has 1 heterocycles. The highest BCUT2D eigenvalue weighted by Gasteiger charge is 2.33. The van der Waals surface area contributed by atoms with E-state index in [4.69, 9.17) is 0 Å². The number of aliphatic hydroxyl groups is 1. The number of Topliss-reactive ketones (excluding diaryl/α,β-unsaturated/α-hetero) is 1. The van der Waals surface area contributed by atoms with Gasteiger partial charge in [0.05, 0.1) is 6.04 Å². The van der Waals surface area contributed by atoms with E-state index < -0.39 is 17.7 Å². The molecule has 0 spiro atoms. The van der Waals surface area contributed by atoms with E-state index in [0.29, 0.717) is 6.42 Å². The van der Waals surface area contributed by atoms with E-state index in [-0.39, 0.29) is 11.3 Å². The molecular formula is C15H15NO3. The third kappa shape index (κ3) is 2.91. The molecule has 19 heavy (non-hydrogen) atoms.